The molecule has 1 N–H and O–H groups in total. The van der Waals surface area contributed by atoms with E-state index in [9.17, 15) is 18.0 Å². The summed E-state index contributed by atoms with van der Waals surface area (Å²) in [6, 6.07) is 14.7. The Bertz CT molecular complexity index is 772. The third-order valence-corrected chi connectivity index (χ3v) is 4.87. The first kappa shape index (κ1) is 19.2. The number of nitrogens with zero attached hydrogens (tertiary/aromatic N) is 2. The van der Waals surface area contributed by atoms with Gasteiger partial charge in [-0.1, -0.05) is 36.4 Å². The van der Waals surface area contributed by atoms with E-state index >= 15 is 0 Å². The van der Waals surface area contributed by atoms with E-state index in [0.29, 0.717) is 26.2 Å². The number of amides is 2. The second kappa shape index (κ2) is 8.00. The van der Waals surface area contributed by atoms with Crippen LogP contribution in [0, 0.1) is 0 Å². The molecule has 1 atom stereocenters. The standard InChI is InChI=1S/C20H22F3N3O/c1-15(16-6-3-2-4-7-16)25-10-12-26(13-11-25)19(27)24-18-9-5-8-17(14-18)20(21,22)23/h2-9,14-15H,10-13H2,1H3,(H,24,27). The molecule has 0 radical (unpaired) electrons. The Morgan fingerprint density at radius 2 is 1.67 bits per heavy atom. The van der Waals surface area contributed by atoms with Crippen molar-refractivity contribution in [2.24, 2.45) is 0 Å². The van der Waals surface area contributed by atoms with Gasteiger partial charge in [0.05, 0.1) is 5.56 Å². The van der Waals surface area contributed by atoms with Crippen LogP contribution in [-0.2, 0) is 6.18 Å². The smallest absolute Gasteiger partial charge is 0.322 e. The molecule has 1 heterocycles. The maximum Gasteiger partial charge on any atom is 0.416 e. The number of carbonyl (C=O) groups is 1. The van der Waals surface area contributed by atoms with Crippen LogP contribution in [-0.4, -0.2) is 42.0 Å². The van der Waals surface area contributed by atoms with Crippen molar-refractivity contribution in [3.05, 3.63) is 65.7 Å². The van der Waals surface area contributed by atoms with E-state index in [4.69, 9.17) is 0 Å². The Labute approximate surface area is 156 Å². The van der Waals surface area contributed by atoms with Crippen LogP contribution >= 0.6 is 0 Å². The lowest BCUT2D eigenvalue weighted by molar-refractivity contribution is -0.137. The molecule has 2 aromatic carbocycles. The molecular weight excluding hydrogens is 355 g/mol. The monoisotopic (exact) mass is 377 g/mol. The highest BCUT2D eigenvalue weighted by Gasteiger charge is 2.31. The maximum absolute atomic E-state index is 12.8. The molecule has 1 fully saturated rings. The number of nitrogens with one attached hydrogen (secondary N) is 1. The number of benzene rings is 2. The average Bonchev–Trinajstić information content (AvgIpc) is 2.68. The molecule has 0 aromatic heterocycles. The van der Waals surface area contributed by atoms with E-state index in [1.165, 1.54) is 17.7 Å². The number of hydrogen-bond acceptors (Lipinski definition) is 2. The predicted molar refractivity (Wildman–Crippen MR) is 98.5 cm³/mol. The van der Waals surface area contributed by atoms with E-state index < -0.39 is 11.7 Å². The summed E-state index contributed by atoms with van der Waals surface area (Å²) in [5.41, 5.74) is 0.594. The van der Waals surface area contributed by atoms with Gasteiger partial charge in [-0.2, -0.15) is 13.2 Å². The van der Waals surface area contributed by atoms with Crippen molar-refractivity contribution < 1.29 is 18.0 Å². The lowest BCUT2D eigenvalue weighted by Crippen LogP contribution is -2.50. The number of alkyl halides is 3. The lowest BCUT2D eigenvalue weighted by atomic mass is 10.1. The highest BCUT2D eigenvalue weighted by atomic mass is 19.4. The molecular formula is C20H22F3N3O. The van der Waals surface area contributed by atoms with Crippen LogP contribution < -0.4 is 5.32 Å². The molecule has 1 aliphatic rings. The Morgan fingerprint density at radius 1 is 1.00 bits per heavy atom. The quantitative estimate of drug-likeness (QED) is 0.847. The Hall–Kier alpha value is -2.54. The van der Waals surface area contributed by atoms with Crippen molar-refractivity contribution in [2.75, 3.05) is 31.5 Å². The van der Waals surface area contributed by atoms with Gasteiger partial charge < -0.3 is 10.2 Å². The van der Waals surface area contributed by atoms with E-state index in [1.807, 2.05) is 18.2 Å². The first-order valence-corrected chi connectivity index (χ1v) is 8.87. The SMILES string of the molecule is CC(c1ccccc1)N1CCN(C(=O)Nc2cccc(C(F)(F)F)c2)CC1. The Balaban J connectivity index is 1.56. The van der Waals surface area contributed by atoms with Gasteiger partial charge >= 0.3 is 12.2 Å². The zero-order valence-corrected chi connectivity index (χ0v) is 15.0. The van der Waals surface area contributed by atoms with Crippen molar-refractivity contribution >= 4 is 11.7 Å². The van der Waals surface area contributed by atoms with E-state index in [1.54, 1.807) is 4.90 Å². The van der Waals surface area contributed by atoms with Crippen molar-refractivity contribution in [1.29, 1.82) is 0 Å². The second-order valence-electron chi connectivity index (χ2n) is 6.62. The summed E-state index contributed by atoms with van der Waals surface area (Å²) in [5.74, 6) is 0. The minimum absolute atomic E-state index is 0.148. The van der Waals surface area contributed by atoms with Crippen LogP contribution in [0.3, 0.4) is 0 Å². The van der Waals surface area contributed by atoms with Gasteiger partial charge in [0, 0.05) is 37.9 Å². The molecule has 0 saturated carbocycles. The molecule has 27 heavy (non-hydrogen) atoms. The van der Waals surface area contributed by atoms with E-state index in [-0.39, 0.29) is 17.8 Å². The molecule has 144 valence electrons. The fourth-order valence-electron chi connectivity index (χ4n) is 3.23. The minimum Gasteiger partial charge on any atom is -0.322 e. The number of urea groups is 1. The number of anilines is 1. The highest BCUT2D eigenvalue weighted by molar-refractivity contribution is 5.89. The van der Waals surface area contributed by atoms with Gasteiger partial charge in [0.15, 0.2) is 0 Å². The topological polar surface area (TPSA) is 35.6 Å². The van der Waals surface area contributed by atoms with Crippen molar-refractivity contribution in [1.82, 2.24) is 9.80 Å². The molecule has 2 aromatic rings. The fourth-order valence-corrected chi connectivity index (χ4v) is 3.23. The largest absolute Gasteiger partial charge is 0.416 e. The zero-order valence-electron chi connectivity index (χ0n) is 15.0. The molecule has 3 rings (SSSR count). The number of halogens is 3. The Morgan fingerprint density at radius 3 is 2.30 bits per heavy atom. The van der Waals surface area contributed by atoms with Crippen molar-refractivity contribution in [3.63, 3.8) is 0 Å². The first-order valence-electron chi connectivity index (χ1n) is 8.87. The van der Waals surface area contributed by atoms with Crippen LogP contribution in [0.5, 0.6) is 0 Å². The van der Waals surface area contributed by atoms with Gasteiger partial charge in [0.1, 0.15) is 0 Å². The summed E-state index contributed by atoms with van der Waals surface area (Å²) < 4.78 is 38.4. The van der Waals surface area contributed by atoms with Crippen molar-refractivity contribution in [3.8, 4) is 0 Å². The first-order chi connectivity index (χ1) is 12.8. The van der Waals surface area contributed by atoms with Crippen LogP contribution in [0.2, 0.25) is 0 Å². The van der Waals surface area contributed by atoms with E-state index in [0.717, 1.165) is 12.1 Å². The van der Waals surface area contributed by atoms with Gasteiger partial charge in [-0.05, 0) is 30.7 Å². The van der Waals surface area contributed by atoms with Crippen LogP contribution in [0.4, 0.5) is 23.7 Å². The number of hydrogen-bond donors (Lipinski definition) is 1. The second-order valence-corrected chi connectivity index (χ2v) is 6.62. The summed E-state index contributed by atoms with van der Waals surface area (Å²) in [7, 11) is 0. The van der Waals surface area contributed by atoms with Crippen LogP contribution in [0.15, 0.2) is 54.6 Å². The molecule has 7 heteroatoms. The summed E-state index contributed by atoms with van der Waals surface area (Å²) >= 11 is 0. The van der Waals surface area contributed by atoms with Gasteiger partial charge in [-0.15, -0.1) is 0 Å². The number of rotatable bonds is 3. The summed E-state index contributed by atoms with van der Waals surface area (Å²) in [5, 5.41) is 2.57. The van der Waals surface area contributed by atoms with Gasteiger partial charge in [-0.3, -0.25) is 4.90 Å². The van der Waals surface area contributed by atoms with Crippen LogP contribution in [0.25, 0.3) is 0 Å². The van der Waals surface area contributed by atoms with Crippen LogP contribution in [0.1, 0.15) is 24.1 Å². The van der Waals surface area contributed by atoms with Gasteiger partial charge in [0.25, 0.3) is 0 Å². The predicted octanol–water partition coefficient (Wildman–Crippen LogP) is 4.62. The molecule has 2 amide bonds. The third-order valence-electron chi connectivity index (χ3n) is 4.87. The lowest BCUT2D eigenvalue weighted by Gasteiger charge is -2.38. The Kier molecular flexibility index (Phi) is 5.70. The van der Waals surface area contributed by atoms with Gasteiger partial charge in [0.2, 0.25) is 0 Å². The number of carbonyl (C=O) groups excluding carboxylic acids is 1. The molecule has 1 unspecified atom stereocenters. The molecule has 0 aliphatic carbocycles. The third kappa shape index (κ3) is 4.80. The summed E-state index contributed by atoms with van der Waals surface area (Å²) in [4.78, 5) is 16.3. The molecule has 4 nitrogen and oxygen atoms in total. The zero-order chi connectivity index (χ0) is 19.4. The number of piperazine rings is 1. The summed E-state index contributed by atoms with van der Waals surface area (Å²) in [6.07, 6.45) is -4.43. The van der Waals surface area contributed by atoms with Crippen molar-refractivity contribution in [2.45, 2.75) is 19.1 Å². The van der Waals surface area contributed by atoms with E-state index in [2.05, 4.69) is 29.3 Å². The maximum atomic E-state index is 12.8. The highest BCUT2D eigenvalue weighted by Crippen LogP contribution is 2.30. The average molecular weight is 377 g/mol. The fraction of sp³-hybridized carbons (Fsp3) is 0.350. The normalized spacial score (nSPS) is 16.8. The molecule has 0 bridgehead atoms. The summed E-state index contributed by atoms with van der Waals surface area (Å²) in [6.45, 7) is 4.62. The molecule has 1 saturated heterocycles. The van der Waals surface area contributed by atoms with Gasteiger partial charge in [-0.25, -0.2) is 4.79 Å². The minimum atomic E-state index is -4.43. The molecule has 1 aliphatic heterocycles. The molecule has 0 spiro atoms.